The van der Waals surface area contributed by atoms with E-state index in [0.717, 1.165) is 24.5 Å². The Morgan fingerprint density at radius 2 is 1.70 bits per heavy atom. The van der Waals surface area contributed by atoms with Crippen LogP contribution in [0, 0.1) is 5.92 Å². The highest BCUT2D eigenvalue weighted by Crippen LogP contribution is 2.27. The number of nitrogens with one attached hydrogen (secondary N) is 1. The van der Waals surface area contributed by atoms with E-state index < -0.39 is 0 Å². The molecule has 1 aliphatic heterocycles. The molecule has 1 saturated heterocycles. The molecule has 3 heteroatoms. The van der Waals surface area contributed by atoms with Crippen LogP contribution in [0.2, 0.25) is 0 Å². The molecule has 0 spiro atoms. The number of hydrogen-bond acceptors (Lipinski definition) is 3. The van der Waals surface area contributed by atoms with Gasteiger partial charge in [0.25, 0.3) is 0 Å². The molecular formula is C17H35N3. The highest BCUT2D eigenvalue weighted by molar-refractivity contribution is 4.89. The van der Waals surface area contributed by atoms with Crippen molar-refractivity contribution in [2.75, 3.05) is 40.3 Å². The van der Waals surface area contributed by atoms with E-state index >= 15 is 0 Å². The third-order valence-corrected chi connectivity index (χ3v) is 5.19. The van der Waals surface area contributed by atoms with Gasteiger partial charge in [-0.15, -0.1) is 0 Å². The van der Waals surface area contributed by atoms with E-state index in [4.69, 9.17) is 0 Å². The van der Waals surface area contributed by atoms with Crippen LogP contribution in [0.25, 0.3) is 0 Å². The third-order valence-electron chi connectivity index (χ3n) is 5.19. The highest BCUT2D eigenvalue weighted by atomic mass is 15.2. The maximum absolute atomic E-state index is 3.77. The first-order chi connectivity index (χ1) is 9.70. The van der Waals surface area contributed by atoms with Gasteiger partial charge in [-0.3, -0.25) is 4.90 Å². The third kappa shape index (κ3) is 4.71. The molecule has 0 amide bonds. The zero-order chi connectivity index (χ0) is 14.4. The molecule has 0 aromatic rings. The Kier molecular flexibility index (Phi) is 6.79. The normalized spacial score (nSPS) is 30.6. The average molecular weight is 281 g/mol. The zero-order valence-corrected chi connectivity index (χ0v) is 13.9. The predicted octanol–water partition coefficient (Wildman–Crippen LogP) is 2.57. The standard InChI is InChI=1S/C17H35N3/c1-4-18-16-8-6-5-7-9-17(16)20-12-10-15(11-13-20)14-19(2)3/h15-18H,4-14H2,1-3H3. The molecule has 1 heterocycles. The van der Waals surface area contributed by atoms with Crippen molar-refractivity contribution in [3.63, 3.8) is 0 Å². The minimum atomic E-state index is 0.743. The van der Waals surface area contributed by atoms with E-state index in [1.165, 1.54) is 64.6 Å². The SMILES string of the molecule is CCNC1CCCCCC1N1CCC(CN(C)C)CC1. The van der Waals surface area contributed by atoms with E-state index in [1.807, 2.05) is 0 Å². The van der Waals surface area contributed by atoms with Crippen molar-refractivity contribution in [3.05, 3.63) is 0 Å². The highest BCUT2D eigenvalue weighted by Gasteiger charge is 2.31. The van der Waals surface area contributed by atoms with Gasteiger partial charge in [-0.1, -0.05) is 26.2 Å². The largest absolute Gasteiger partial charge is 0.313 e. The lowest BCUT2D eigenvalue weighted by molar-refractivity contribution is 0.0933. The first-order valence-electron chi connectivity index (χ1n) is 8.83. The number of likely N-dealkylation sites (N-methyl/N-ethyl adjacent to an activating group) is 1. The Labute approximate surface area is 126 Å². The van der Waals surface area contributed by atoms with Gasteiger partial charge in [0.15, 0.2) is 0 Å². The Morgan fingerprint density at radius 3 is 2.35 bits per heavy atom. The molecular weight excluding hydrogens is 246 g/mol. The van der Waals surface area contributed by atoms with Gasteiger partial charge < -0.3 is 10.2 Å². The van der Waals surface area contributed by atoms with Gasteiger partial charge in [-0.25, -0.2) is 0 Å². The number of piperidine rings is 1. The fourth-order valence-electron chi connectivity index (χ4n) is 4.21. The summed E-state index contributed by atoms with van der Waals surface area (Å²) in [7, 11) is 4.41. The van der Waals surface area contributed by atoms with Crippen molar-refractivity contribution in [1.82, 2.24) is 15.1 Å². The number of nitrogens with zero attached hydrogens (tertiary/aromatic N) is 2. The van der Waals surface area contributed by atoms with Crippen LogP contribution in [0.3, 0.4) is 0 Å². The molecule has 1 aliphatic carbocycles. The molecule has 20 heavy (non-hydrogen) atoms. The van der Waals surface area contributed by atoms with Crippen LogP contribution in [0.4, 0.5) is 0 Å². The summed E-state index contributed by atoms with van der Waals surface area (Å²) in [6.07, 6.45) is 9.89. The summed E-state index contributed by atoms with van der Waals surface area (Å²) in [5, 5.41) is 3.77. The molecule has 2 unspecified atom stereocenters. The smallest absolute Gasteiger partial charge is 0.0249 e. The molecule has 1 saturated carbocycles. The van der Waals surface area contributed by atoms with E-state index in [1.54, 1.807) is 0 Å². The molecule has 2 rings (SSSR count). The van der Waals surface area contributed by atoms with Crippen molar-refractivity contribution < 1.29 is 0 Å². The summed E-state index contributed by atoms with van der Waals surface area (Å²) in [6, 6.07) is 1.55. The topological polar surface area (TPSA) is 18.5 Å². The molecule has 0 bridgehead atoms. The van der Waals surface area contributed by atoms with E-state index in [-0.39, 0.29) is 0 Å². The van der Waals surface area contributed by atoms with Crippen LogP contribution < -0.4 is 5.32 Å². The van der Waals surface area contributed by atoms with E-state index in [9.17, 15) is 0 Å². The van der Waals surface area contributed by atoms with Crippen molar-refractivity contribution in [3.8, 4) is 0 Å². The van der Waals surface area contributed by atoms with Crippen LogP contribution in [0.5, 0.6) is 0 Å². The first-order valence-corrected chi connectivity index (χ1v) is 8.83. The lowest BCUT2D eigenvalue weighted by atomic mass is 9.92. The van der Waals surface area contributed by atoms with Crippen molar-refractivity contribution >= 4 is 0 Å². The first kappa shape index (κ1) is 16.3. The maximum atomic E-state index is 3.77. The molecule has 2 atom stereocenters. The number of likely N-dealkylation sites (tertiary alicyclic amines) is 1. The van der Waals surface area contributed by atoms with Crippen LogP contribution in [-0.4, -0.2) is 62.2 Å². The summed E-state index contributed by atoms with van der Waals surface area (Å²) in [5.41, 5.74) is 0. The lowest BCUT2D eigenvalue weighted by Crippen LogP contribution is -2.52. The molecule has 2 aliphatic rings. The van der Waals surface area contributed by atoms with Crippen LogP contribution >= 0.6 is 0 Å². The fraction of sp³-hybridized carbons (Fsp3) is 1.00. The van der Waals surface area contributed by atoms with Crippen LogP contribution in [0.1, 0.15) is 51.9 Å². The second-order valence-electron chi connectivity index (χ2n) is 7.11. The van der Waals surface area contributed by atoms with Crippen molar-refractivity contribution in [2.24, 2.45) is 5.92 Å². The van der Waals surface area contributed by atoms with Gasteiger partial charge in [0.05, 0.1) is 0 Å². The lowest BCUT2D eigenvalue weighted by Gasteiger charge is -2.41. The summed E-state index contributed by atoms with van der Waals surface area (Å²) in [5.74, 6) is 0.921. The van der Waals surface area contributed by atoms with Crippen molar-refractivity contribution in [2.45, 2.75) is 64.0 Å². The van der Waals surface area contributed by atoms with Crippen molar-refractivity contribution in [1.29, 1.82) is 0 Å². The molecule has 0 aromatic heterocycles. The Balaban J connectivity index is 1.86. The van der Waals surface area contributed by atoms with Gasteiger partial charge in [0.1, 0.15) is 0 Å². The minimum Gasteiger partial charge on any atom is -0.313 e. The summed E-state index contributed by atoms with van der Waals surface area (Å²) in [6.45, 7) is 7.30. The Hall–Kier alpha value is -0.120. The Morgan fingerprint density at radius 1 is 1.00 bits per heavy atom. The van der Waals surface area contributed by atoms with E-state index in [0.29, 0.717) is 0 Å². The monoisotopic (exact) mass is 281 g/mol. The number of rotatable bonds is 5. The van der Waals surface area contributed by atoms with Gasteiger partial charge in [-0.05, 0) is 65.3 Å². The second kappa shape index (κ2) is 8.35. The summed E-state index contributed by atoms with van der Waals surface area (Å²) in [4.78, 5) is 5.16. The van der Waals surface area contributed by atoms with Crippen LogP contribution in [-0.2, 0) is 0 Å². The van der Waals surface area contributed by atoms with E-state index in [2.05, 4.69) is 36.1 Å². The van der Waals surface area contributed by atoms with Gasteiger partial charge in [0, 0.05) is 18.6 Å². The summed E-state index contributed by atoms with van der Waals surface area (Å²) >= 11 is 0. The Bertz CT molecular complexity index is 259. The molecule has 1 N–H and O–H groups in total. The quantitative estimate of drug-likeness (QED) is 0.781. The average Bonchev–Trinajstić information content (AvgIpc) is 2.65. The summed E-state index contributed by atoms with van der Waals surface area (Å²) < 4.78 is 0. The maximum Gasteiger partial charge on any atom is 0.0249 e. The zero-order valence-electron chi connectivity index (χ0n) is 13.9. The van der Waals surface area contributed by atoms with Crippen LogP contribution in [0.15, 0.2) is 0 Å². The molecule has 2 fully saturated rings. The predicted molar refractivity (Wildman–Crippen MR) is 87.2 cm³/mol. The molecule has 0 radical (unpaired) electrons. The minimum absolute atomic E-state index is 0.743. The molecule has 118 valence electrons. The van der Waals surface area contributed by atoms with Gasteiger partial charge in [-0.2, -0.15) is 0 Å². The fourth-order valence-corrected chi connectivity index (χ4v) is 4.21. The van der Waals surface area contributed by atoms with Gasteiger partial charge in [0.2, 0.25) is 0 Å². The molecule has 3 nitrogen and oxygen atoms in total. The second-order valence-corrected chi connectivity index (χ2v) is 7.11. The van der Waals surface area contributed by atoms with Gasteiger partial charge >= 0.3 is 0 Å². The molecule has 0 aromatic carbocycles. The number of hydrogen-bond donors (Lipinski definition) is 1.